The molecule has 0 atom stereocenters. The van der Waals surface area contributed by atoms with Crippen molar-refractivity contribution in [1.82, 2.24) is 15.3 Å². The molecule has 6 heteroatoms. The second-order valence-corrected chi connectivity index (χ2v) is 6.21. The summed E-state index contributed by atoms with van der Waals surface area (Å²) in [5, 5.41) is 5.90. The minimum atomic E-state index is -0.224. The van der Waals surface area contributed by atoms with Crippen LogP contribution >= 0.6 is 15.9 Å². The molecule has 0 bridgehead atoms. The number of rotatable bonds is 5. The minimum Gasteiger partial charge on any atom is -0.361 e. The van der Waals surface area contributed by atoms with Crippen molar-refractivity contribution in [3.63, 3.8) is 0 Å². The Morgan fingerprint density at radius 2 is 2.05 bits per heavy atom. The highest BCUT2D eigenvalue weighted by molar-refractivity contribution is 9.10. The molecule has 5 nitrogen and oxygen atoms in total. The van der Waals surface area contributed by atoms with E-state index in [4.69, 9.17) is 0 Å². The van der Waals surface area contributed by atoms with Gasteiger partial charge in [0.1, 0.15) is 16.2 Å². The Balaban J connectivity index is 2.60. The molecule has 0 aliphatic carbocycles. The Bertz CT molecular complexity index is 443. The zero-order chi connectivity index (χ0) is 14.5. The molecule has 0 aliphatic heterocycles. The second-order valence-electron chi connectivity index (χ2n) is 5.39. The number of aromatic nitrogens is 2. The second kappa shape index (κ2) is 6.84. The first-order chi connectivity index (χ1) is 8.80. The van der Waals surface area contributed by atoms with Crippen LogP contribution in [0, 0.1) is 0 Å². The van der Waals surface area contributed by atoms with Gasteiger partial charge in [-0.2, -0.15) is 0 Å². The number of nitrogens with zero attached hydrogens (tertiary/aromatic N) is 2. The van der Waals surface area contributed by atoms with Crippen molar-refractivity contribution in [1.29, 1.82) is 0 Å². The highest BCUT2D eigenvalue weighted by atomic mass is 79.9. The fraction of sp³-hybridized carbons (Fsp3) is 0.615. The summed E-state index contributed by atoms with van der Waals surface area (Å²) in [5.74, 6) is 1.38. The molecule has 0 aromatic carbocycles. The molecule has 0 aliphatic rings. The van der Waals surface area contributed by atoms with Crippen LogP contribution < -0.4 is 10.6 Å². The first-order valence-electron chi connectivity index (χ1n) is 6.38. The number of halogens is 1. The Hall–Kier alpha value is -1.17. The van der Waals surface area contributed by atoms with Gasteiger partial charge in [-0.05, 0) is 43.1 Å². The summed E-state index contributed by atoms with van der Waals surface area (Å²) in [7, 11) is 0. The maximum absolute atomic E-state index is 11.7. The number of anilines is 1. The van der Waals surface area contributed by atoms with E-state index in [-0.39, 0.29) is 18.0 Å². The van der Waals surface area contributed by atoms with E-state index in [0.29, 0.717) is 5.82 Å². The quantitative estimate of drug-likeness (QED) is 0.815. The number of aryl methyl sites for hydroxylation is 1. The average Bonchev–Trinajstić information content (AvgIpc) is 2.24. The molecule has 1 aromatic heterocycles. The topological polar surface area (TPSA) is 66.9 Å². The number of hydrogen-bond donors (Lipinski definition) is 2. The summed E-state index contributed by atoms with van der Waals surface area (Å²) in [6.45, 7) is 8.13. The van der Waals surface area contributed by atoms with Crippen molar-refractivity contribution in [2.45, 2.75) is 46.1 Å². The molecule has 2 N–H and O–H groups in total. The lowest BCUT2D eigenvalue weighted by Gasteiger charge is -2.20. The van der Waals surface area contributed by atoms with Crippen LogP contribution in [0.25, 0.3) is 0 Å². The van der Waals surface area contributed by atoms with E-state index in [1.165, 1.54) is 0 Å². The zero-order valence-corrected chi connectivity index (χ0v) is 13.5. The van der Waals surface area contributed by atoms with Crippen LogP contribution in [0.15, 0.2) is 10.7 Å². The third-order valence-electron chi connectivity index (χ3n) is 2.16. The Morgan fingerprint density at radius 3 is 2.63 bits per heavy atom. The van der Waals surface area contributed by atoms with Gasteiger partial charge < -0.3 is 10.6 Å². The largest absolute Gasteiger partial charge is 0.361 e. The van der Waals surface area contributed by atoms with Gasteiger partial charge in [-0.15, -0.1) is 0 Å². The van der Waals surface area contributed by atoms with Crippen LogP contribution in [0.4, 0.5) is 5.82 Å². The van der Waals surface area contributed by atoms with Crippen LogP contribution in [0.1, 0.15) is 39.9 Å². The number of carbonyl (C=O) groups excluding carboxylic acids is 1. The molecule has 19 heavy (non-hydrogen) atoms. The van der Waals surface area contributed by atoms with Crippen molar-refractivity contribution in [2.24, 2.45) is 0 Å². The highest BCUT2D eigenvalue weighted by Crippen LogP contribution is 2.13. The molecule has 1 heterocycles. The van der Waals surface area contributed by atoms with Gasteiger partial charge in [-0.3, -0.25) is 4.79 Å². The Labute approximate surface area is 122 Å². The van der Waals surface area contributed by atoms with Gasteiger partial charge in [0.25, 0.3) is 0 Å². The van der Waals surface area contributed by atoms with Gasteiger partial charge in [0.05, 0.1) is 6.54 Å². The third kappa shape index (κ3) is 6.52. The zero-order valence-electron chi connectivity index (χ0n) is 11.9. The van der Waals surface area contributed by atoms with E-state index in [2.05, 4.69) is 43.5 Å². The monoisotopic (exact) mass is 328 g/mol. The normalized spacial score (nSPS) is 11.2. The average molecular weight is 329 g/mol. The first kappa shape index (κ1) is 15.9. The smallest absolute Gasteiger partial charge is 0.239 e. The number of carbonyl (C=O) groups is 1. The third-order valence-corrected chi connectivity index (χ3v) is 2.57. The molecule has 0 fully saturated rings. The molecule has 0 saturated heterocycles. The summed E-state index contributed by atoms with van der Waals surface area (Å²) in [4.78, 5) is 20.3. The summed E-state index contributed by atoms with van der Waals surface area (Å²) in [5.41, 5.74) is -0.224. The van der Waals surface area contributed by atoms with Crippen molar-refractivity contribution < 1.29 is 4.79 Å². The van der Waals surface area contributed by atoms with Gasteiger partial charge in [0, 0.05) is 18.0 Å². The lowest BCUT2D eigenvalue weighted by Crippen LogP contribution is -2.43. The van der Waals surface area contributed by atoms with Gasteiger partial charge in [0.15, 0.2) is 0 Å². The van der Waals surface area contributed by atoms with Crippen LogP contribution in [0.3, 0.4) is 0 Å². The van der Waals surface area contributed by atoms with E-state index in [1.807, 2.05) is 20.8 Å². The summed E-state index contributed by atoms with van der Waals surface area (Å²) in [6.07, 6.45) is 1.81. The van der Waals surface area contributed by atoms with Crippen molar-refractivity contribution in [3.05, 3.63) is 16.5 Å². The molecule has 1 rings (SSSR count). The summed E-state index contributed by atoms with van der Waals surface area (Å²) in [6, 6.07) is 1.77. The van der Waals surface area contributed by atoms with Gasteiger partial charge in [-0.25, -0.2) is 9.97 Å². The van der Waals surface area contributed by atoms with E-state index >= 15 is 0 Å². The maximum Gasteiger partial charge on any atom is 0.239 e. The van der Waals surface area contributed by atoms with E-state index in [0.717, 1.165) is 23.3 Å². The van der Waals surface area contributed by atoms with Crippen LogP contribution in [0.2, 0.25) is 0 Å². The van der Waals surface area contributed by atoms with Gasteiger partial charge in [-0.1, -0.05) is 6.92 Å². The van der Waals surface area contributed by atoms with Crippen LogP contribution in [-0.2, 0) is 11.2 Å². The number of hydrogen-bond acceptors (Lipinski definition) is 4. The van der Waals surface area contributed by atoms with Crippen LogP contribution in [-0.4, -0.2) is 28.0 Å². The highest BCUT2D eigenvalue weighted by Gasteiger charge is 2.13. The molecule has 0 spiro atoms. The van der Waals surface area contributed by atoms with Gasteiger partial charge in [0.2, 0.25) is 5.91 Å². The standard InChI is InChI=1S/C13H21BrN4O/c1-5-6-10-16-9(14)7-11(17-10)15-8-12(19)18-13(2,3)4/h7H,5-6,8H2,1-4H3,(H,18,19)(H,15,16,17). The first-order valence-corrected chi connectivity index (χ1v) is 7.18. The summed E-state index contributed by atoms with van der Waals surface area (Å²) < 4.78 is 0.727. The predicted octanol–water partition coefficient (Wildman–Crippen LogP) is 2.52. The SMILES string of the molecule is CCCc1nc(Br)cc(NCC(=O)NC(C)(C)C)n1. The minimum absolute atomic E-state index is 0.0562. The molecule has 0 saturated carbocycles. The molecular formula is C13H21BrN4O. The molecule has 1 amide bonds. The maximum atomic E-state index is 11.7. The molecular weight excluding hydrogens is 308 g/mol. The lowest BCUT2D eigenvalue weighted by atomic mass is 10.1. The Morgan fingerprint density at radius 1 is 1.37 bits per heavy atom. The van der Waals surface area contributed by atoms with Crippen molar-refractivity contribution in [3.8, 4) is 0 Å². The lowest BCUT2D eigenvalue weighted by molar-refractivity contribution is -0.120. The number of amides is 1. The predicted molar refractivity (Wildman–Crippen MR) is 80.1 cm³/mol. The summed E-state index contributed by atoms with van der Waals surface area (Å²) >= 11 is 3.35. The molecule has 0 unspecified atom stereocenters. The number of nitrogens with one attached hydrogen (secondary N) is 2. The van der Waals surface area contributed by atoms with E-state index in [9.17, 15) is 4.79 Å². The van der Waals surface area contributed by atoms with E-state index < -0.39 is 0 Å². The van der Waals surface area contributed by atoms with Crippen LogP contribution in [0.5, 0.6) is 0 Å². The Kier molecular flexibility index (Phi) is 5.72. The van der Waals surface area contributed by atoms with Crippen molar-refractivity contribution in [2.75, 3.05) is 11.9 Å². The van der Waals surface area contributed by atoms with E-state index in [1.54, 1.807) is 6.07 Å². The fourth-order valence-electron chi connectivity index (χ4n) is 1.52. The van der Waals surface area contributed by atoms with Gasteiger partial charge >= 0.3 is 0 Å². The molecule has 1 aromatic rings. The molecule has 106 valence electrons. The fourth-order valence-corrected chi connectivity index (χ4v) is 1.95. The molecule has 0 radical (unpaired) electrons. The van der Waals surface area contributed by atoms with Crippen molar-refractivity contribution >= 4 is 27.7 Å².